The molecule has 17 heavy (non-hydrogen) atoms. The fraction of sp³-hybridized carbons (Fsp3) is 0. The van der Waals surface area contributed by atoms with Crippen molar-refractivity contribution >= 4 is 27.4 Å². The second-order valence-electron chi connectivity index (χ2n) is 3.03. The number of aromatic nitrogens is 3. The van der Waals surface area contributed by atoms with Gasteiger partial charge in [0.15, 0.2) is 5.82 Å². The third-order valence-corrected chi connectivity index (χ3v) is 3.39. The van der Waals surface area contributed by atoms with Crippen LogP contribution in [-0.4, -0.2) is 23.6 Å². The van der Waals surface area contributed by atoms with Crippen molar-refractivity contribution in [3.05, 3.63) is 41.8 Å². The lowest BCUT2D eigenvalue weighted by Gasteiger charge is -2.05. The molecule has 6 nitrogen and oxygen atoms in total. The van der Waals surface area contributed by atoms with Crippen LogP contribution in [0.4, 0.5) is 5.82 Å². The van der Waals surface area contributed by atoms with Crippen LogP contribution in [0, 0.1) is 0 Å². The van der Waals surface area contributed by atoms with Gasteiger partial charge in [0, 0.05) is 12.4 Å². The molecule has 0 saturated carbocycles. The van der Waals surface area contributed by atoms with Crippen LogP contribution >= 0.6 is 11.6 Å². The molecule has 0 fully saturated rings. The lowest BCUT2D eigenvalue weighted by Crippen LogP contribution is -2.14. The molecular weight excluding hydrogens is 264 g/mol. The molecule has 2 aromatic rings. The number of hydrogen-bond donors (Lipinski definition) is 1. The summed E-state index contributed by atoms with van der Waals surface area (Å²) in [5, 5.41) is 7.41. The highest BCUT2D eigenvalue weighted by Crippen LogP contribution is 2.14. The number of pyridine rings is 1. The van der Waals surface area contributed by atoms with Crippen LogP contribution in [-0.2, 0) is 10.0 Å². The SMILES string of the molecule is O=S(=O)(Nc1cccnn1)c1ccc(Cl)nc1. The summed E-state index contributed by atoms with van der Waals surface area (Å²) in [6.45, 7) is 0. The van der Waals surface area contributed by atoms with Gasteiger partial charge in [-0.05, 0) is 24.3 Å². The van der Waals surface area contributed by atoms with Crippen LogP contribution in [0.3, 0.4) is 0 Å². The summed E-state index contributed by atoms with van der Waals surface area (Å²) >= 11 is 5.57. The minimum absolute atomic E-state index is 0.00699. The van der Waals surface area contributed by atoms with Crippen molar-refractivity contribution in [2.24, 2.45) is 0 Å². The first kappa shape index (κ1) is 11.7. The average molecular weight is 271 g/mol. The molecule has 0 spiro atoms. The summed E-state index contributed by atoms with van der Waals surface area (Å²) in [6, 6.07) is 5.82. The Kier molecular flexibility index (Phi) is 3.21. The Bertz CT molecular complexity index is 601. The van der Waals surface area contributed by atoms with Crippen LogP contribution in [0.15, 0.2) is 41.6 Å². The summed E-state index contributed by atoms with van der Waals surface area (Å²) in [6.07, 6.45) is 2.61. The van der Waals surface area contributed by atoms with Crippen LogP contribution in [0.2, 0.25) is 5.15 Å². The Balaban J connectivity index is 2.29. The van der Waals surface area contributed by atoms with E-state index in [1.807, 2.05) is 0 Å². The van der Waals surface area contributed by atoms with Gasteiger partial charge in [0.05, 0.1) is 0 Å². The summed E-state index contributed by atoms with van der Waals surface area (Å²) in [5.41, 5.74) is 0. The molecule has 1 N–H and O–H groups in total. The highest BCUT2D eigenvalue weighted by atomic mass is 35.5. The van der Waals surface area contributed by atoms with Gasteiger partial charge >= 0.3 is 0 Å². The van der Waals surface area contributed by atoms with E-state index in [0.717, 1.165) is 0 Å². The number of sulfonamides is 1. The molecule has 0 aliphatic heterocycles. The Morgan fingerprint density at radius 2 is 2.06 bits per heavy atom. The van der Waals surface area contributed by atoms with Crippen LogP contribution < -0.4 is 4.72 Å². The van der Waals surface area contributed by atoms with E-state index in [9.17, 15) is 8.42 Å². The van der Waals surface area contributed by atoms with E-state index >= 15 is 0 Å². The number of rotatable bonds is 3. The molecule has 0 amide bonds. The molecule has 2 heterocycles. The lowest BCUT2D eigenvalue weighted by atomic mass is 10.5. The molecule has 2 aromatic heterocycles. The summed E-state index contributed by atoms with van der Waals surface area (Å²) < 4.78 is 26.0. The first-order valence-electron chi connectivity index (χ1n) is 4.50. The van der Waals surface area contributed by atoms with Crippen LogP contribution in [0.1, 0.15) is 0 Å². The highest BCUT2D eigenvalue weighted by Gasteiger charge is 2.15. The van der Waals surface area contributed by atoms with Gasteiger partial charge in [-0.25, -0.2) is 13.4 Å². The average Bonchev–Trinajstić information content (AvgIpc) is 2.30. The van der Waals surface area contributed by atoms with E-state index in [4.69, 9.17) is 11.6 Å². The second kappa shape index (κ2) is 4.64. The molecule has 0 aromatic carbocycles. The third kappa shape index (κ3) is 2.89. The molecule has 0 atom stereocenters. The predicted molar refractivity (Wildman–Crippen MR) is 62.1 cm³/mol. The first-order chi connectivity index (χ1) is 8.08. The lowest BCUT2D eigenvalue weighted by molar-refractivity contribution is 0.600. The maximum atomic E-state index is 11.9. The summed E-state index contributed by atoms with van der Waals surface area (Å²) in [4.78, 5) is 3.70. The van der Waals surface area contributed by atoms with Crippen molar-refractivity contribution < 1.29 is 8.42 Å². The van der Waals surface area contributed by atoms with E-state index in [1.165, 1.54) is 30.6 Å². The van der Waals surface area contributed by atoms with Gasteiger partial charge in [-0.1, -0.05) is 11.6 Å². The van der Waals surface area contributed by atoms with Crippen molar-refractivity contribution in [2.75, 3.05) is 4.72 Å². The van der Waals surface area contributed by atoms with Crippen molar-refractivity contribution in [3.63, 3.8) is 0 Å². The zero-order valence-corrected chi connectivity index (χ0v) is 9.98. The van der Waals surface area contributed by atoms with Crippen molar-refractivity contribution in [1.29, 1.82) is 0 Å². The molecule has 0 aliphatic rings. The standard InChI is InChI=1S/C9H7ClN4O2S/c10-8-4-3-7(6-11-8)17(15,16)14-9-2-1-5-12-13-9/h1-6H,(H,13,14). The number of hydrogen-bond acceptors (Lipinski definition) is 5. The van der Waals surface area contributed by atoms with Crippen molar-refractivity contribution in [2.45, 2.75) is 4.90 Å². The zero-order chi connectivity index (χ0) is 12.3. The Morgan fingerprint density at radius 1 is 1.24 bits per heavy atom. The monoisotopic (exact) mass is 270 g/mol. The maximum absolute atomic E-state index is 11.9. The van der Waals surface area contributed by atoms with Gasteiger partial charge in [0.1, 0.15) is 10.0 Å². The number of nitrogens with one attached hydrogen (secondary N) is 1. The minimum Gasteiger partial charge on any atom is -0.262 e. The van der Waals surface area contributed by atoms with E-state index in [1.54, 1.807) is 6.07 Å². The Morgan fingerprint density at radius 3 is 2.65 bits per heavy atom. The maximum Gasteiger partial charge on any atom is 0.264 e. The molecule has 0 bridgehead atoms. The first-order valence-corrected chi connectivity index (χ1v) is 6.36. The van der Waals surface area contributed by atoms with Gasteiger partial charge in [-0.15, -0.1) is 5.10 Å². The predicted octanol–water partition coefficient (Wildman–Crippen LogP) is 1.33. The number of anilines is 1. The topological polar surface area (TPSA) is 84.8 Å². The molecule has 88 valence electrons. The fourth-order valence-corrected chi connectivity index (χ4v) is 2.13. The number of nitrogens with zero attached hydrogens (tertiary/aromatic N) is 3. The van der Waals surface area contributed by atoms with Gasteiger partial charge in [0.25, 0.3) is 10.0 Å². The smallest absolute Gasteiger partial charge is 0.262 e. The van der Waals surface area contributed by atoms with Gasteiger partial charge in [-0.2, -0.15) is 5.10 Å². The molecule has 2 rings (SSSR count). The van der Waals surface area contributed by atoms with Crippen molar-refractivity contribution in [1.82, 2.24) is 15.2 Å². The zero-order valence-electron chi connectivity index (χ0n) is 8.41. The van der Waals surface area contributed by atoms with E-state index in [0.29, 0.717) is 0 Å². The van der Waals surface area contributed by atoms with Crippen molar-refractivity contribution in [3.8, 4) is 0 Å². The highest BCUT2D eigenvalue weighted by molar-refractivity contribution is 7.92. The van der Waals surface area contributed by atoms with E-state index < -0.39 is 10.0 Å². The van der Waals surface area contributed by atoms with Gasteiger partial charge < -0.3 is 0 Å². The third-order valence-electron chi connectivity index (χ3n) is 1.82. The molecule has 8 heteroatoms. The van der Waals surface area contributed by atoms with Crippen LogP contribution in [0.5, 0.6) is 0 Å². The molecule has 0 saturated heterocycles. The second-order valence-corrected chi connectivity index (χ2v) is 5.10. The Labute approximate surface area is 103 Å². The Hall–Kier alpha value is -1.73. The van der Waals surface area contributed by atoms with Crippen LogP contribution in [0.25, 0.3) is 0 Å². The molecule has 0 radical (unpaired) electrons. The summed E-state index contributed by atoms with van der Waals surface area (Å²) in [7, 11) is -3.70. The fourth-order valence-electron chi connectivity index (χ4n) is 1.07. The number of halogens is 1. The minimum atomic E-state index is -3.70. The van der Waals surface area contributed by atoms with E-state index in [-0.39, 0.29) is 15.9 Å². The van der Waals surface area contributed by atoms with Gasteiger partial charge in [-0.3, -0.25) is 4.72 Å². The quantitative estimate of drug-likeness (QED) is 0.851. The van der Waals surface area contributed by atoms with E-state index in [2.05, 4.69) is 19.9 Å². The normalized spacial score (nSPS) is 11.1. The largest absolute Gasteiger partial charge is 0.264 e. The molecule has 0 aliphatic carbocycles. The van der Waals surface area contributed by atoms with Gasteiger partial charge in [0.2, 0.25) is 0 Å². The molecular formula is C9H7ClN4O2S. The summed E-state index contributed by atoms with van der Waals surface area (Å²) in [5.74, 6) is 0.141. The molecule has 0 unspecified atom stereocenters.